The van der Waals surface area contributed by atoms with Gasteiger partial charge in [0.25, 0.3) is 0 Å². The van der Waals surface area contributed by atoms with E-state index in [0.717, 1.165) is 6.61 Å². The van der Waals surface area contributed by atoms with Crippen molar-refractivity contribution in [1.82, 2.24) is 0 Å². The molecule has 0 amide bonds. The molecule has 0 bridgehead atoms. The predicted molar refractivity (Wildman–Crippen MR) is 31.1 cm³/mol. The van der Waals surface area contributed by atoms with Gasteiger partial charge in [0, 0.05) is 6.61 Å². The Kier molecular flexibility index (Phi) is 8.08. The van der Waals surface area contributed by atoms with Crippen LogP contribution in [0.2, 0.25) is 0 Å². The van der Waals surface area contributed by atoms with Gasteiger partial charge in [-0.05, 0) is 19.8 Å². The summed E-state index contributed by atoms with van der Waals surface area (Å²) in [5, 5.41) is 0. The molecule has 0 radical (unpaired) electrons. The van der Waals surface area contributed by atoms with Gasteiger partial charge in [0.2, 0.25) is 0 Å². The second-order valence-electron chi connectivity index (χ2n) is 1.82. The molecule has 8 heavy (non-hydrogen) atoms. The normalized spacial score (nSPS) is 25.9. The zero-order chi connectivity index (χ0) is 4.41. The van der Waals surface area contributed by atoms with E-state index in [2.05, 4.69) is 6.92 Å². The van der Waals surface area contributed by atoms with Gasteiger partial charge in [0.05, 0.1) is 6.10 Å². The van der Waals surface area contributed by atoms with E-state index in [1.165, 1.54) is 12.8 Å². The Bertz CT molecular complexity index is 41.8. The van der Waals surface area contributed by atoms with Crippen molar-refractivity contribution in [3.8, 4) is 0 Å². The van der Waals surface area contributed by atoms with Crippen LogP contribution >= 0.6 is 0 Å². The van der Waals surface area contributed by atoms with Crippen LogP contribution < -0.4 is 18.9 Å². The zero-order valence-electron chi connectivity index (χ0n) is 6.11. The van der Waals surface area contributed by atoms with Gasteiger partial charge in [-0.3, -0.25) is 0 Å². The number of ether oxygens (including phenoxy) is 1. The fourth-order valence-corrected chi connectivity index (χ4v) is 0.739. The average Bonchev–Trinajstić information content (AvgIpc) is 1.86. The SMILES string of the molecule is CC1CCCO1.[CH3-].[Li+]. The first-order valence-corrected chi connectivity index (χ1v) is 2.51. The van der Waals surface area contributed by atoms with Gasteiger partial charge >= 0.3 is 18.9 Å². The first kappa shape index (κ1) is 11.4. The molecule has 1 heterocycles. The summed E-state index contributed by atoms with van der Waals surface area (Å²) in [7, 11) is 0. The van der Waals surface area contributed by atoms with Gasteiger partial charge in [-0.15, -0.1) is 0 Å². The molecule has 44 valence electrons. The summed E-state index contributed by atoms with van der Waals surface area (Å²) in [6, 6.07) is 0. The molecular weight excluding hydrogens is 95.0 g/mol. The molecule has 1 fully saturated rings. The second-order valence-corrected chi connectivity index (χ2v) is 1.82. The van der Waals surface area contributed by atoms with Gasteiger partial charge in [-0.2, -0.15) is 0 Å². The Morgan fingerprint density at radius 3 is 2.25 bits per heavy atom. The topological polar surface area (TPSA) is 9.23 Å². The summed E-state index contributed by atoms with van der Waals surface area (Å²) in [5.41, 5.74) is 0. The molecule has 0 spiro atoms. The van der Waals surface area contributed by atoms with Gasteiger partial charge < -0.3 is 12.2 Å². The van der Waals surface area contributed by atoms with Gasteiger partial charge in [-0.25, -0.2) is 0 Å². The number of hydrogen-bond donors (Lipinski definition) is 0. The fraction of sp³-hybridized carbons (Fsp3) is 0.833. The molecule has 1 unspecified atom stereocenters. The minimum absolute atomic E-state index is 0. The Morgan fingerprint density at radius 2 is 2.12 bits per heavy atom. The Hall–Kier alpha value is 0.557. The molecule has 1 aliphatic heterocycles. The Labute approximate surface area is 64.0 Å². The van der Waals surface area contributed by atoms with E-state index >= 15 is 0 Å². The number of rotatable bonds is 0. The predicted octanol–water partition coefficient (Wildman–Crippen LogP) is -1.36. The molecule has 0 saturated carbocycles. The monoisotopic (exact) mass is 108 g/mol. The van der Waals surface area contributed by atoms with Crippen LogP contribution in [0.15, 0.2) is 0 Å². The molecule has 1 saturated heterocycles. The van der Waals surface area contributed by atoms with E-state index in [1.54, 1.807) is 0 Å². The van der Waals surface area contributed by atoms with Gasteiger partial charge in [-0.1, -0.05) is 0 Å². The third-order valence-corrected chi connectivity index (χ3v) is 1.16. The maximum absolute atomic E-state index is 5.15. The summed E-state index contributed by atoms with van der Waals surface area (Å²) in [6.07, 6.45) is 3.08. The van der Waals surface area contributed by atoms with Gasteiger partial charge in [0.15, 0.2) is 0 Å². The van der Waals surface area contributed by atoms with E-state index in [9.17, 15) is 0 Å². The standard InChI is InChI=1S/C5H10O.CH3.Li/c1-5-3-2-4-6-5;;/h5H,2-4H2,1H3;1H3;/q;-1;+1. The largest absolute Gasteiger partial charge is 1.00 e. The average molecular weight is 108 g/mol. The van der Waals surface area contributed by atoms with Crippen molar-refractivity contribution in [3.05, 3.63) is 7.43 Å². The maximum Gasteiger partial charge on any atom is 1.00 e. The molecule has 1 rings (SSSR count). The van der Waals surface area contributed by atoms with Crippen molar-refractivity contribution in [2.45, 2.75) is 25.9 Å². The molecule has 1 atom stereocenters. The molecule has 0 aliphatic carbocycles. The Morgan fingerprint density at radius 1 is 1.50 bits per heavy atom. The quantitative estimate of drug-likeness (QED) is 0.275. The van der Waals surface area contributed by atoms with Crippen molar-refractivity contribution in [2.24, 2.45) is 0 Å². The summed E-state index contributed by atoms with van der Waals surface area (Å²) < 4.78 is 5.15. The first-order valence-electron chi connectivity index (χ1n) is 2.51. The zero-order valence-corrected chi connectivity index (χ0v) is 6.11. The van der Waals surface area contributed by atoms with Crippen LogP contribution in [0.25, 0.3) is 0 Å². The van der Waals surface area contributed by atoms with Crippen LogP contribution in [0.5, 0.6) is 0 Å². The van der Waals surface area contributed by atoms with E-state index in [0.29, 0.717) is 6.10 Å². The molecular formula is C6H13LiO. The fourth-order valence-electron chi connectivity index (χ4n) is 0.739. The molecule has 0 aromatic rings. The van der Waals surface area contributed by atoms with Crippen LogP contribution in [0.1, 0.15) is 19.8 Å². The molecule has 0 aromatic carbocycles. The van der Waals surface area contributed by atoms with Crippen LogP contribution in [0, 0.1) is 7.43 Å². The van der Waals surface area contributed by atoms with Gasteiger partial charge in [0.1, 0.15) is 0 Å². The first-order chi connectivity index (χ1) is 2.89. The molecule has 0 N–H and O–H groups in total. The van der Waals surface area contributed by atoms with E-state index in [-0.39, 0.29) is 26.3 Å². The van der Waals surface area contributed by atoms with Crippen LogP contribution in [0.4, 0.5) is 0 Å². The molecule has 1 nitrogen and oxygen atoms in total. The van der Waals surface area contributed by atoms with Crippen LogP contribution in [0.3, 0.4) is 0 Å². The third-order valence-electron chi connectivity index (χ3n) is 1.16. The smallest absolute Gasteiger partial charge is 0.379 e. The second kappa shape index (κ2) is 5.69. The van der Waals surface area contributed by atoms with Crippen molar-refractivity contribution >= 4 is 0 Å². The number of hydrogen-bond acceptors (Lipinski definition) is 1. The van der Waals surface area contributed by atoms with Crippen molar-refractivity contribution in [3.63, 3.8) is 0 Å². The Balaban J connectivity index is 0. The van der Waals surface area contributed by atoms with E-state index in [1.807, 2.05) is 0 Å². The summed E-state index contributed by atoms with van der Waals surface area (Å²) in [4.78, 5) is 0. The van der Waals surface area contributed by atoms with E-state index in [4.69, 9.17) is 4.74 Å². The minimum atomic E-state index is 0. The van der Waals surface area contributed by atoms with Crippen LogP contribution in [-0.2, 0) is 4.74 Å². The third kappa shape index (κ3) is 3.55. The van der Waals surface area contributed by atoms with Crippen molar-refractivity contribution in [1.29, 1.82) is 0 Å². The summed E-state index contributed by atoms with van der Waals surface area (Å²) >= 11 is 0. The van der Waals surface area contributed by atoms with Crippen LogP contribution in [-0.4, -0.2) is 12.7 Å². The summed E-state index contributed by atoms with van der Waals surface area (Å²) in [5.74, 6) is 0. The molecule has 2 heteroatoms. The van der Waals surface area contributed by atoms with Crippen molar-refractivity contribution in [2.75, 3.05) is 6.61 Å². The summed E-state index contributed by atoms with van der Waals surface area (Å²) in [6.45, 7) is 3.11. The van der Waals surface area contributed by atoms with Crippen molar-refractivity contribution < 1.29 is 23.6 Å². The molecule has 0 aromatic heterocycles. The maximum atomic E-state index is 5.15. The molecule has 1 aliphatic rings. The minimum Gasteiger partial charge on any atom is -0.379 e. The van der Waals surface area contributed by atoms with E-state index < -0.39 is 0 Å².